The first-order valence-corrected chi connectivity index (χ1v) is 17.1. The van der Waals surface area contributed by atoms with Gasteiger partial charge in [-0.15, -0.1) is 0 Å². The molecule has 7 N–H and O–H groups in total. The molecule has 0 unspecified atom stereocenters. The van der Waals surface area contributed by atoms with Gasteiger partial charge in [-0.2, -0.15) is 8.62 Å². The molecule has 0 atom stereocenters. The Kier molecular flexibility index (Phi) is 18.4. The molecule has 0 amide bonds. The highest BCUT2D eigenvalue weighted by atomic mass is 31.3. The molecule has 0 radical (unpaired) electrons. The summed E-state index contributed by atoms with van der Waals surface area (Å²) in [5.41, 5.74) is 5.38. The van der Waals surface area contributed by atoms with Crippen molar-refractivity contribution in [1.82, 2.24) is 9.97 Å². The number of H-pyrrole nitrogens is 1. The maximum atomic E-state index is 11.1. The molecule has 0 saturated carbocycles. The minimum Gasteiger partial charge on any atom is -0.368 e. The largest absolute Gasteiger partial charge is 0.490 e. The number of nitrogens with zero attached hydrogens (tertiary/aromatic N) is 1. The third-order valence-corrected chi connectivity index (χ3v) is 8.34. The van der Waals surface area contributed by atoms with Gasteiger partial charge in [0.05, 0.1) is 0 Å². The van der Waals surface area contributed by atoms with Crippen molar-refractivity contribution in [2.24, 2.45) is 0 Å². The van der Waals surface area contributed by atoms with Crippen molar-refractivity contribution in [3.63, 3.8) is 0 Å². The predicted octanol–water partition coefficient (Wildman–Crippen LogP) is 5.63. The standard InChI is InChI=1S/C24H37N3O.H5O10P3/c1-19(2)9-6-10-20(3)11-7-12-21(4)13-8-14-22(5)15-17-25-23-16-18-26-24(28)27-23;1-11(2,3)9-13(7,8)10-12(4,5)6/h9,11,13,15-16,18H,6-8,10,12,14,17H2,1-5H3,(H2,25,26,27,28);(H,7,8)(H2,1,2,3)(H2,4,5,6)/b20-11+,21-13+,22-15+;. The molecule has 0 aromatic carbocycles. The lowest BCUT2D eigenvalue weighted by Crippen LogP contribution is -2.12. The van der Waals surface area contributed by atoms with E-state index in [4.69, 9.17) is 24.5 Å². The molecule has 0 aliphatic carbocycles. The number of rotatable bonds is 16. The molecule has 1 aromatic rings. The van der Waals surface area contributed by atoms with Crippen molar-refractivity contribution >= 4 is 29.3 Å². The first-order chi connectivity index (χ1) is 18.8. The average Bonchev–Trinajstić information content (AvgIpc) is 2.76. The Morgan fingerprint density at radius 3 is 1.66 bits per heavy atom. The zero-order chi connectivity index (χ0) is 31.7. The van der Waals surface area contributed by atoms with Gasteiger partial charge in [0.1, 0.15) is 5.82 Å². The summed E-state index contributed by atoms with van der Waals surface area (Å²) in [6.45, 7) is 11.6. The molecule has 1 aromatic heterocycles. The first kappa shape index (κ1) is 39.0. The Labute approximate surface area is 240 Å². The fraction of sp³-hybridized carbons (Fsp3) is 0.500. The summed E-state index contributed by atoms with van der Waals surface area (Å²) >= 11 is 0. The Balaban J connectivity index is 0.00000103. The molecule has 17 heteroatoms. The second kappa shape index (κ2) is 19.3. The van der Waals surface area contributed by atoms with Gasteiger partial charge in [-0.05, 0) is 79.2 Å². The van der Waals surface area contributed by atoms with Crippen LogP contribution in [0, 0.1) is 0 Å². The summed E-state index contributed by atoms with van der Waals surface area (Å²) in [7, 11) is -16.2. The molecule has 0 spiro atoms. The van der Waals surface area contributed by atoms with E-state index in [2.05, 4.69) is 82.8 Å². The normalized spacial score (nSPS) is 13.4. The highest BCUT2D eigenvalue weighted by Gasteiger charge is 2.38. The third kappa shape index (κ3) is 25.5. The van der Waals surface area contributed by atoms with Crippen LogP contribution in [0.25, 0.3) is 0 Å². The van der Waals surface area contributed by atoms with Gasteiger partial charge in [0.2, 0.25) is 0 Å². The molecule has 0 bridgehead atoms. The zero-order valence-electron chi connectivity index (χ0n) is 23.9. The van der Waals surface area contributed by atoms with Crippen LogP contribution in [0.5, 0.6) is 0 Å². The summed E-state index contributed by atoms with van der Waals surface area (Å²) in [4.78, 5) is 57.6. The van der Waals surface area contributed by atoms with Crippen molar-refractivity contribution < 1.29 is 46.8 Å². The van der Waals surface area contributed by atoms with E-state index in [-0.39, 0.29) is 5.69 Å². The van der Waals surface area contributed by atoms with Crippen molar-refractivity contribution in [1.29, 1.82) is 0 Å². The summed E-state index contributed by atoms with van der Waals surface area (Å²) in [6.07, 6.45) is 17.4. The fourth-order valence-corrected chi connectivity index (χ4v) is 5.62. The van der Waals surface area contributed by atoms with E-state index >= 15 is 0 Å². The van der Waals surface area contributed by atoms with Crippen LogP contribution in [0.2, 0.25) is 0 Å². The van der Waals surface area contributed by atoms with Crippen LogP contribution >= 0.6 is 23.5 Å². The van der Waals surface area contributed by atoms with Crippen molar-refractivity contribution in [2.75, 3.05) is 11.9 Å². The first-order valence-electron chi connectivity index (χ1n) is 12.5. The highest BCUT2D eigenvalue weighted by molar-refractivity contribution is 7.66. The van der Waals surface area contributed by atoms with Gasteiger partial charge in [-0.3, -0.25) is 4.98 Å². The van der Waals surface area contributed by atoms with E-state index in [1.165, 1.54) is 34.9 Å². The van der Waals surface area contributed by atoms with E-state index in [1.54, 1.807) is 6.07 Å². The third-order valence-electron chi connectivity index (χ3n) is 4.99. The topological polar surface area (TPSA) is 229 Å². The lowest BCUT2D eigenvalue weighted by Gasteiger charge is -2.11. The van der Waals surface area contributed by atoms with Crippen LogP contribution in [0.1, 0.15) is 73.1 Å². The highest BCUT2D eigenvalue weighted by Crippen LogP contribution is 2.64. The number of hydrogen-bond acceptors (Lipinski definition) is 8. The average molecular weight is 642 g/mol. The summed E-state index contributed by atoms with van der Waals surface area (Å²) < 4.78 is 36.4. The Bertz CT molecular complexity index is 1240. The maximum absolute atomic E-state index is 11.1. The van der Waals surface area contributed by atoms with Crippen molar-refractivity contribution in [3.8, 4) is 0 Å². The monoisotopic (exact) mass is 641 g/mol. The fourth-order valence-electron chi connectivity index (χ4n) is 3.08. The Morgan fingerprint density at radius 2 is 1.24 bits per heavy atom. The van der Waals surface area contributed by atoms with Crippen LogP contribution in [0.3, 0.4) is 0 Å². The Morgan fingerprint density at radius 1 is 0.805 bits per heavy atom. The molecule has 0 aliphatic heterocycles. The van der Waals surface area contributed by atoms with Crippen LogP contribution in [0.15, 0.2) is 63.7 Å². The lowest BCUT2D eigenvalue weighted by atomic mass is 10.0. The molecule has 41 heavy (non-hydrogen) atoms. The van der Waals surface area contributed by atoms with Crippen LogP contribution in [-0.4, -0.2) is 41.0 Å². The van der Waals surface area contributed by atoms with E-state index in [0.29, 0.717) is 12.4 Å². The second-order valence-corrected chi connectivity index (χ2v) is 13.5. The minimum atomic E-state index is -5.46. The van der Waals surface area contributed by atoms with Crippen molar-refractivity contribution in [2.45, 2.75) is 73.1 Å². The molecule has 1 heterocycles. The summed E-state index contributed by atoms with van der Waals surface area (Å²) in [5, 5.41) is 3.18. The van der Waals surface area contributed by atoms with Gasteiger partial charge in [-0.1, -0.05) is 46.6 Å². The number of hydrogen-bond donors (Lipinski definition) is 7. The molecule has 0 fully saturated rings. The molecular formula is C24H42N3O11P3. The predicted molar refractivity (Wildman–Crippen MR) is 158 cm³/mol. The van der Waals surface area contributed by atoms with Crippen molar-refractivity contribution in [3.05, 3.63) is 69.3 Å². The SMILES string of the molecule is CC(C)=CCC/C(C)=C/CC/C(C)=C/CC/C(C)=C/CNc1ccnc(=O)[nH]1.O=P(O)(O)OP(=O)(O)OP(=O)(O)O. The van der Waals surface area contributed by atoms with Gasteiger partial charge in [0, 0.05) is 12.7 Å². The number of aromatic amines is 1. The second-order valence-electron chi connectivity index (χ2n) is 9.33. The smallest absolute Gasteiger partial charge is 0.368 e. The molecular weight excluding hydrogens is 599 g/mol. The lowest BCUT2D eigenvalue weighted by molar-refractivity contribution is 0.204. The van der Waals surface area contributed by atoms with Gasteiger partial charge in [0.25, 0.3) is 0 Å². The van der Waals surface area contributed by atoms with Crippen LogP contribution < -0.4 is 11.0 Å². The minimum absolute atomic E-state index is 0.329. The maximum Gasteiger partial charge on any atom is 0.490 e. The Hall–Kier alpha value is -1.95. The van der Waals surface area contributed by atoms with Crippen LogP contribution in [-0.2, 0) is 22.3 Å². The van der Waals surface area contributed by atoms with Gasteiger partial charge in [-0.25, -0.2) is 23.5 Å². The summed E-state index contributed by atoms with van der Waals surface area (Å²) in [5.74, 6) is 0.698. The van der Waals surface area contributed by atoms with E-state index < -0.39 is 23.5 Å². The number of allylic oxidation sites excluding steroid dienone is 7. The number of aromatic nitrogens is 2. The quantitative estimate of drug-likeness (QED) is 0.0858. The number of anilines is 1. The van der Waals surface area contributed by atoms with E-state index in [0.717, 1.165) is 32.1 Å². The van der Waals surface area contributed by atoms with Crippen LogP contribution in [0.4, 0.5) is 5.82 Å². The van der Waals surface area contributed by atoms with E-state index in [1.807, 2.05) is 0 Å². The molecule has 1 rings (SSSR count). The zero-order valence-corrected chi connectivity index (χ0v) is 26.6. The molecule has 14 nitrogen and oxygen atoms in total. The van der Waals surface area contributed by atoms with E-state index in [9.17, 15) is 18.5 Å². The number of nitrogens with one attached hydrogen (secondary N) is 2. The van der Waals surface area contributed by atoms with Gasteiger partial charge < -0.3 is 29.8 Å². The molecule has 0 aliphatic rings. The molecule has 0 saturated heterocycles. The van der Waals surface area contributed by atoms with Gasteiger partial charge in [0.15, 0.2) is 0 Å². The van der Waals surface area contributed by atoms with Gasteiger partial charge >= 0.3 is 29.2 Å². The number of phosphoric acid groups is 3. The summed E-state index contributed by atoms with van der Waals surface area (Å²) in [6, 6.07) is 1.76. The molecule has 234 valence electrons.